The Kier molecular flexibility index (Phi) is 3.03. The molecule has 4 heteroatoms. The molecule has 0 saturated heterocycles. The maximum atomic E-state index is 8.82. The van der Waals surface area contributed by atoms with Crippen molar-refractivity contribution in [1.82, 2.24) is 0 Å². The Labute approximate surface area is 95.5 Å². The first-order valence-electron chi connectivity index (χ1n) is 5.36. The smallest absolute Gasteiger partial charge is 0.480 e. The number of allylic oxidation sites excluding steroid dienone is 1. The molecule has 0 heterocycles. The normalized spacial score (nSPS) is 17.4. The van der Waals surface area contributed by atoms with E-state index in [0.717, 1.165) is 18.6 Å². The second-order valence-electron chi connectivity index (χ2n) is 4.16. The van der Waals surface area contributed by atoms with Crippen molar-refractivity contribution < 1.29 is 14.8 Å². The van der Waals surface area contributed by atoms with E-state index in [0.29, 0.717) is 0 Å². The lowest BCUT2D eigenvalue weighted by Crippen LogP contribution is -2.09. The monoisotopic (exact) mass is 218 g/mol. The SMILES string of the molecule is COc1ccc(C2(C=CB(O)O)CC2)cc1. The van der Waals surface area contributed by atoms with E-state index in [9.17, 15) is 0 Å². The maximum Gasteiger partial charge on any atom is 0.480 e. The molecule has 1 fully saturated rings. The number of ether oxygens (including phenoxy) is 1. The second-order valence-corrected chi connectivity index (χ2v) is 4.16. The quantitative estimate of drug-likeness (QED) is 0.748. The minimum atomic E-state index is -1.37. The Hall–Kier alpha value is -1.26. The van der Waals surface area contributed by atoms with E-state index in [1.807, 2.05) is 30.3 Å². The number of methoxy groups -OCH3 is 1. The largest absolute Gasteiger partial charge is 0.497 e. The summed E-state index contributed by atoms with van der Waals surface area (Å²) in [6.45, 7) is 0. The molecule has 1 aromatic rings. The number of hydrogen-bond acceptors (Lipinski definition) is 3. The summed E-state index contributed by atoms with van der Waals surface area (Å²) in [7, 11) is 0.278. The molecular weight excluding hydrogens is 203 g/mol. The zero-order valence-electron chi connectivity index (χ0n) is 9.26. The van der Waals surface area contributed by atoms with E-state index in [1.165, 1.54) is 11.5 Å². The number of hydrogen-bond donors (Lipinski definition) is 2. The third kappa shape index (κ3) is 2.28. The first kappa shape index (κ1) is 11.2. The van der Waals surface area contributed by atoms with Crippen LogP contribution in [-0.2, 0) is 5.41 Å². The summed E-state index contributed by atoms with van der Waals surface area (Å²) >= 11 is 0. The van der Waals surface area contributed by atoms with Crippen LogP contribution in [0.4, 0.5) is 0 Å². The first-order chi connectivity index (χ1) is 7.66. The highest BCUT2D eigenvalue weighted by molar-refractivity contribution is 6.47. The molecule has 0 aliphatic heterocycles. The molecule has 16 heavy (non-hydrogen) atoms. The molecule has 0 radical (unpaired) electrons. The van der Waals surface area contributed by atoms with Crippen molar-refractivity contribution >= 4 is 7.12 Å². The van der Waals surface area contributed by atoms with Crippen molar-refractivity contribution in [3.8, 4) is 5.75 Å². The summed E-state index contributed by atoms with van der Waals surface area (Å²) in [6.07, 6.45) is 4.00. The van der Waals surface area contributed by atoms with Gasteiger partial charge < -0.3 is 14.8 Å². The Bertz CT molecular complexity index is 380. The molecule has 3 nitrogen and oxygen atoms in total. The van der Waals surface area contributed by atoms with Crippen LogP contribution in [0.15, 0.2) is 36.3 Å². The van der Waals surface area contributed by atoms with E-state index in [-0.39, 0.29) is 5.41 Å². The van der Waals surface area contributed by atoms with Gasteiger partial charge in [-0.3, -0.25) is 0 Å². The fourth-order valence-electron chi connectivity index (χ4n) is 1.88. The summed E-state index contributed by atoms with van der Waals surface area (Å²) in [6, 6.07) is 7.91. The highest BCUT2D eigenvalue weighted by Gasteiger charge is 2.41. The van der Waals surface area contributed by atoms with Gasteiger partial charge in [-0.1, -0.05) is 24.2 Å². The van der Waals surface area contributed by atoms with Gasteiger partial charge in [0.15, 0.2) is 0 Å². The van der Waals surface area contributed by atoms with E-state index in [4.69, 9.17) is 14.8 Å². The Morgan fingerprint density at radius 1 is 1.25 bits per heavy atom. The first-order valence-corrected chi connectivity index (χ1v) is 5.36. The third-order valence-electron chi connectivity index (χ3n) is 3.04. The van der Waals surface area contributed by atoms with Crippen LogP contribution in [0, 0.1) is 0 Å². The lowest BCUT2D eigenvalue weighted by atomic mass is 9.86. The van der Waals surface area contributed by atoms with E-state index in [1.54, 1.807) is 7.11 Å². The van der Waals surface area contributed by atoms with Crippen LogP contribution in [0.3, 0.4) is 0 Å². The molecule has 0 spiro atoms. The van der Waals surface area contributed by atoms with Crippen LogP contribution in [0.1, 0.15) is 18.4 Å². The Balaban J connectivity index is 2.17. The highest BCUT2D eigenvalue weighted by Crippen LogP contribution is 2.49. The van der Waals surface area contributed by atoms with Crippen LogP contribution in [0.25, 0.3) is 0 Å². The topological polar surface area (TPSA) is 49.7 Å². The van der Waals surface area contributed by atoms with Gasteiger partial charge in [0.25, 0.3) is 0 Å². The van der Waals surface area contributed by atoms with Crippen molar-refractivity contribution in [2.24, 2.45) is 0 Å². The fraction of sp³-hybridized carbons (Fsp3) is 0.333. The summed E-state index contributed by atoms with van der Waals surface area (Å²) in [5, 5.41) is 17.6. The average Bonchev–Trinajstić information content (AvgIpc) is 3.08. The minimum absolute atomic E-state index is 0.00990. The third-order valence-corrected chi connectivity index (χ3v) is 3.04. The molecule has 0 unspecified atom stereocenters. The zero-order valence-corrected chi connectivity index (χ0v) is 9.26. The number of benzene rings is 1. The van der Waals surface area contributed by atoms with Crippen LogP contribution in [0.2, 0.25) is 0 Å². The van der Waals surface area contributed by atoms with E-state index >= 15 is 0 Å². The van der Waals surface area contributed by atoms with Crippen LogP contribution < -0.4 is 4.74 Å². The molecule has 1 saturated carbocycles. The minimum Gasteiger partial charge on any atom is -0.497 e. The second kappa shape index (κ2) is 4.32. The van der Waals surface area contributed by atoms with Gasteiger partial charge in [-0.15, -0.1) is 0 Å². The Morgan fingerprint density at radius 3 is 2.31 bits per heavy atom. The van der Waals surface area contributed by atoms with Crippen molar-refractivity contribution in [2.45, 2.75) is 18.3 Å². The standard InChI is InChI=1S/C12H15BO3/c1-16-11-4-2-10(3-5-11)12(6-7-12)8-9-13(14)15/h2-5,8-9,14-15H,6-7H2,1H3. The molecule has 0 bridgehead atoms. The molecule has 1 aliphatic carbocycles. The molecule has 0 atom stereocenters. The van der Waals surface area contributed by atoms with Crippen LogP contribution in [-0.4, -0.2) is 24.3 Å². The number of rotatable bonds is 4. The predicted molar refractivity (Wildman–Crippen MR) is 63.2 cm³/mol. The summed E-state index contributed by atoms with van der Waals surface area (Å²) in [5.74, 6) is 2.27. The van der Waals surface area contributed by atoms with Crippen LogP contribution in [0.5, 0.6) is 5.75 Å². The molecule has 0 aromatic heterocycles. The maximum absolute atomic E-state index is 8.82. The van der Waals surface area contributed by atoms with Crippen molar-refractivity contribution in [3.63, 3.8) is 0 Å². The van der Waals surface area contributed by atoms with Crippen molar-refractivity contribution in [1.29, 1.82) is 0 Å². The van der Waals surface area contributed by atoms with Crippen molar-refractivity contribution in [3.05, 3.63) is 41.9 Å². The molecule has 2 N–H and O–H groups in total. The van der Waals surface area contributed by atoms with Gasteiger partial charge in [0.05, 0.1) is 7.11 Å². The molecular formula is C12H15BO3. The van der Waals surface area contributed by atoms with Gasteiger partial charge in [-0.2, -0.15) is 0 Å². The molecule has 0 amide bonds. The highest BCUT2D eigenvalue weighted by atomic mass is 16.5. The summed E-state index contributed by atoms with van der Waals surface area (Å²) in [4.78, 5) is 0. The van der Waals surface area contributed by atoms with Gasteiger partial charge in [0.2, 0.25) is 0 Å². The van der Waals surface area contributed by atoms with Gasteiger partial charge in [0, 0.05) is 5.41 Å². The fourth-order valence-corrected chi connectivity index (χ4v) is 1.88. The predicted octanol–water partition coefficient (Wildman–Crippen LogP) is 1.29. The molecule has 84 valence electrons. The van der Waals surface area contributed by atoms with Crippen LogP contribution >= 0.6 is 0 Å². The van der Waals surface area contributed by atoms with E-state index in [2.05, 4.69) is 0 Å². The zero-order chi connectivity index (χ0) is 11.6. The molecule has 1 aliphatic rings. The molecule has 1 aromatic carbocycles. The van der Waals surface area contributed by atoms with Gasteiger partial charge in [-0.05, 0) is 30.5 Å². The van der Waals surface area contributed by atoms with Gasteiger partial charge in [0.1, 0.15) is 5.75 Å². The molecule has 2 rings (SSSR count). The van der Waals surface area contributed by atoms with Crippen molar-refractivity contribution in [2.75, 3.05) is 7.11 Å². The summed E-state index contributed by atoms with van der Waals surface area (Å²) in [5.41, 5.74) is 1.21. The Morgan fingerprint density at radius 2 is 1.88 bits per heavy atom. The van der Waals surface area contributed by atoms with Gasteiger partial charge in [-0.25, -0.2) is 0 Å². The van der Waals surface area contributed by atoms with Gasteiger partial charge >= 0.3 is 7.12 Å². The van der Waals surface area contributed by atoms with E-state index < -0.39 is 7.12 Å². The lowest BCUT2D eigenvalue weighted by Gasteiger charge is -2.11. The lowest BCUT2D eigenvalue weighted by molar-refractivity contribution is 0.414. The average molecular weight is 218 g/mol. The summed E-state index contributed by atoms with van der Waals surface area (Å²) < 4.78 is 5.10.